The van der Waals surface area contributed by atoms with Crippen LogP contribution in [0.5, 0.6) is 0 Å². The Bertz CT molecular complexity index is 1080. The summed E-state index contributed by atoms with van der Waals surface area (Å²) < 4.78 is 4.84. The number of carbonyl (C=O) groups is 1. The molecule has 0 saturated carbocycles. The molecule has 1 amide bonds. The third-order valence-corrected chi connectivity index (χ3v) is 4.31. The number of rotatable bonds is 8. The van der Waals surface area contributed by atoms with Gasteiger partial charge in [0, 0.05) is 18.9 Å². The molecule has 3 aromatic rings. The Morgan fingerprint density at radius 2 is 2.07 bits per heavy atom. The molecule has 0 unspecified atom stereocenters. The van der Waals surface area contributed by atoms with Crippen molar-refractivity contribution in [2.75, 3.05) is 19.0 Å². The maximum Gasteiger partial charge on any atom is 0.250 e. The van der Waals surface area contributed by atoms with Crippen LogP contribution in [-0.4, -0.2) is 41.3 Å². The van der Waals surface area contributed by atoms with Crippen molar-refractivity contribution in [3.63, 3.8) is 0 Å². The van der Waals surface area contributed by atoms with E-state index in [0.29, 0.717) is 17.2 Å². The Morgan fingerprint density at radius 3 is 2.77 bits per heavy atom. The van der Waals surface area contributed by atoms with Gasteiger partial charge in [-0.25, -0.2) is 4.98 Å². The van der Waals surface area contributed by atoms with Crippen LogP contribution in [-0.2, 0) is 9.53 Å². The van der Waals surface area contributed by atoms with E-state index in [9.17, 15) is 4.79 Å². The summed E-state index contributed by atoms with van der Waals surface area (Å²) >= 11 is 0. The number of amides is 1. The van der Waals surface area contributed by atoms with Crippen molar-refractivity contribution in [2.45, 2.75) is 6.92 Å². The summed E-state index contributed by atoms with van der Waals surface area (Å²) in [5, 5.41) is 2.75. The largest absolute Gasteiger partial charge is 0.375 e. The van der Waals surface area contributed by atoms with E-state index in [1.165, 1.54) is 7.11 Å². The smallest absolute Gasteiger partial charge is 0.250 e. The van der Waals surface area contributed by atoms with Crippen molar-refractivity contribution in [3.05, 3.63) is 78.5 Å². The molecule has 2 N–H and O–H groups in total. The Hall–Kier alpha value is -3.84. The van der Waals surface area contributed by atoms with Crippen molar-refractivity contribution in [1.82, 2.24) is 15.0 Å². The van der Waals surface area contributed by atoms with Gasteiger partial charge in [0.2, 0.25) is 5.91 Å². The number of anilines is 1. The Morgan fingerprint density at radius 1 is 1.27 bits per heavy atom. The van der Waals surface area contributed by atoms with Crippen LogP contribution in [0.4, 0.5) is 5.69 Å². The number of hydrogen-bond acceptors (Lipinski definition) is 5. The normalized spacial score (nSPS) is 11.9. The van der Waals surface area contributed by atoms with Crippen LogP contribution in [0.2, 0.25) is 0 Å². The number of aromatic amines is 1. The number of nitrogens with zero attached hydrogens (tertiary/aromatic N) is 3. The van der Waals surface area contributed by atoms with Gasteiger partial charge in [-0.3, -0.25) is 14.8 Å². The number of methoxy groups -OCH3 is 1. The number of aromatic nitrogens is 3. The van der Waals surface area contributed by atoms with Crippen LogP contribution in [0, 0.1) is 0 Å². The highest BCUT2D eigenvalue weighted by atomic mass is 16.5. The van der Waals surface area contributed by atoms with E-state index >= 15 is 0 Å². The average Bonchev–Trinajstić information content (AvgIpc) is 3.26. The van der Waals surface area contributed by atoms with E-state index in [-0.39, 0.29) is 12.5 Å². The van der Waals surface area contributed by atoms with E-state index < -0.39 is 0 Å². The predicted octanol–water partition coefficient (Wildman–Crippen LogP) is 4.20. The highest BCUT2D eigenvalue weighted by Gasteiger charge is 2.10. The molecule has 3 rings (SSSR count). The molecular formula is C23H23N5O2. The van der Waals surface area contributed by atoms with E-state index in [0.717, 1.165) is 22.4 Å². The summed E-state index contributed by atoms with van der Waals surface area (Å²) in [4.78, 5) is 27.9. The molecule has 152 valence electrons. The number of imidazole rings is 1. The van der Waals surface area contributed by atoms with Crippen LogP contribution in [0.25, 0.3) is 22.5 Å². The first kappa shape index (κ1) is 20.9. The van der Waals surface area contributed by atoms with Crippen LogP contribution in [0.3, 0.4) is 0 Å². The fourth-order valence-electron chi connectivity index (χ4n) is 2.88. The number of ether oxygens (including phenoxy) is 1. The third kappa shape index (κ3) is 5.15. The zero-order chi connectivity index (χ0) is 21.3. The van der Waals surface area contributed by atoms with Crippen LogP contribution >= 0.6 is 0 Å². The van der Waals surface area contributed by atoms with Crippen molar-refractivity contribution in [3.8, 4) is 11.3 Å². The van der Waals surface area contributed by atoms with Crippen LogP contribution < -0.4 is 5.32 Å². The quantitative estimate of drug-likeness (QED) is 0.437. The maximum atomic E-state index is 11.8. The molecule has 2 aromatic heterocycles. The van der Waals surface area contributed by atoms with Gasteiger partial charge in [0.25, 0.3) is 0 Å². The van der Waals surface area contributed by atoms with Gasteiger partial charge in [-0.2, -0.15) is 0 Å². The number of nitrogens with one attached hydrogen (secondary N) is 2. The minimum atomic E-state index is -0.244. The Balaban J connectivity index is 1.87. The van der Waals surface area contributed by atoms with Gasteiger partial charge in [0.1, 0.15) is 12.3 Å². The SMILES string of the molecule is C=N/C(=C\C(=C/C)c1cncc(NC(=O)COC)c1)c1ncc(-c2ccccc2)[nH]1. The molecular weight excluding hydrogens is 378 g/mol. The van der Waals surface area contributed by atoms with E-state index in [2.05, 4.69) is 32.0 Å². The molecule has 0 spiro atoms. The maximum absolute atomic E-state index is 11.8. The van der Waals surface area contributed by atoms with E-state index in [1.807, 2.05) is 55.5 Å². The minimum absolute atomic E-state index is 0.0205. The summed E-state index contributed by atoms with van der Waals surface area (Å²) in [6.45, 7) is 5.58. The second kappa shape index (κ2) is 10.1. The van der Waals surface area contributed by atoms with Gasteiger partial charge in [-0.05, 0) is 36.9 Å². The molecule has 0 saturated heterocycles. The van der Waals surface area contributed by atoms with Gasteiger partial charge in [-0.1, -0.05) is 36.4 Å². The number of pyridine rings is 1. The zero-order valence-electron chi connectivity index (χ0n) is 16.9. The second-order valence-corrected chi connectivity index (χ2v) is 6.39. The lowest BCUT2D eigenvalue weighted by atomic mass is 10.1. The molecule has 1 aromatic carbocycles. The monoisotopic (exact) mass is 401 g/mol. The summed E-state index contributed by atoms with van der Waals surface area (Å²) in [5.41, 5.74) is 4.80. The topological polar surface area (TPSA) is 92.3 Å². The first-order valence-corrected chi connectivity index (χ1v) is 9.34. The van der Waals surface area contributed by atoms with Crippen molar-refractivity contribution in [2.24, 2.45) is 4.99 Å². The zero-order valence-corrected chi connectivity index (χ0v) is 16.9. The molecule has 0 aliphatic rings. The number of H-pyrrole nitrogens is 1. The number of benzene rings is 1. The third-order valence-electron chi connectivity index (χ3n) is 4.31. The highest BCUT2D eigenvalue weighted by molar-refractivity contribution is 5.92. The van der Waals surface area contributed by atoms with Gasteiger partial charge in [0.05, 0.1) is 23.8 Å². The van der Waals surface area contributed by atoms with Gasteiger partial charge in [0.15, 0.2) is 5.82 Å². The Kier molecular flexibility index (Phi) is 7.02. The molecule has 7 nitrogen and oxygen atoms in total. The van der Waals surface area contributed by atoms with Crippen LogP contribution in [0.1, 0.15) is 18.3 Å². The Labute approximate surface area is 175 Å². The lowest BCUT2D eigenvalue weighted by molar-refractivity contribution is -0.119. The molecule has 0 aliphatic carbocycles. The van der Waals surface area contributed by atoms with Gasteiger partial charge < -0.3 is 15.0 Å². The summed E-state index contributed by atoms with van der Waals surface area (Å²) in [5.74, 6) is 0.368. The summed E-state index contributed by atoms with van der Waals surface area (Å²) in [6.07, 6.45) is 8.88. The first-order chi connectivity index (χ1) is 14.6. The molecule has 0 fully saturated rings. The average molecular weight is 401 g/mol. The number of hydrogen-bond donors (Lipinski definition) is 2. The lowest BCUT2D eigenvalue weighted by Gasteiger charge is -2.08. The number of aliphatic imine (C=N–C) groups is 1. The second-order valence-electron chi connectivity index (χ2n) is 6.39. The highest BCUT2D eigenvalue weighted by Crippen LogP contribution is 2.25. The molecule has 7 heteroatoms. The fourth-order valence-corrected chi connectivity index (χ4v) is 2.88. The van der Waals surface area contributed by atoms with Gasteiger partial charge >= 0.3 is 0 Å². The molecule has 0 aliphatic heterocycles. The molecule has 0 atom stereocenters. The molecule has 2 heterocycles. The van der Waals surface area contributed by atoms with Crippen molar-refractivity contribution >= 4 is 29.6 Å². The first-order valence-electron chi connectivity index (χ1n) is 9.34. The van der Waals surface area contributed by atoms with Gasteiger partial charge in [-0.15, -0.1) is 0 Å². The molecule has 0 radical (unpaired) electrons. The van der Waals surface area contributed by atoms with Crippen LogP contribution in [0.15, 0.2) is 72.1 Å². The van der Waals surface area contributed by atoms with Crippen molar-refractivity contribution in [1.29, 1.82) is 0 Å². The molecule has 30 heavy (non-hydrogen) atoms. The minimum Gasteiger partial charge on any atom is -0.375 e. The fraction of sp³-hybridized carbons (Fsp3) is 0.130. The predicted molar refractivity (Wildman–Crippen MR) is 120 cm³/mol. The van der Waals surface area contributed by atoms with E-state index in [4.69, 9.17) is 4.74 Å². The summed E-state index contributed by atoms with van der Waals surface area (Å²) in [6, 6.07) is 11.8. The van der Waals surface area contributed by atoms with E-state index in [1.54, 1.807) is 18.6 Å². The van der Waals surface area contributed by atoms with Crippen molar-refractivity contribution < 1.29 is 9.53 Å². The summed E-state index contributed by atoms with van der Waals surface area (Å²) in [7, 11) is 1.47. The lowest BCUT2D eigenvalue weighted by Crippen LogP contribution is -2.17. The number of allylic oxidation sites excluding steroid dienone is 3. The standard InChI is InChI=1S/C23H23N5O2/c1-4-16(18-10-19(13-25-12-18)27-22(29)15-30-3)11-20(24-2)23-26-14-21(28-23)17-8-6-5-7-9-17/h4-14H,2,15H2,1,3H3,(H,26,28)(H,27,29)/b16-4+,20-11-. The molecule has 0 bridgehead atoms. The number of carbonyl (C=O) groups excluding carboxylic acids is 1.